The second-order valence-electron chi connectivity index (χ2n) is 5.23. The number of hydrogen-bond acceptors (Lipinski definition) is 5. The van der Waals surface area contributed by atoms with Gasteiger partial charge in [0.25, 0.3) is 0 Å². The summed E-state index contributed by atoms with van der Waals surface area (Å²) in [6.45, 7) is 4.45. The number of rotatable bonds is 7. The number of carboxylic acids is 1. The van der Waals surface area contributed by atoms with Crippen molar-refractivity contribution in [2.24, 2.45) is 0 Å². The van der Waals surface area contributed by atoms with Gasteiger partial charge in [-0.15, -0.1) is 0 Å². The van der Waals surface area contributed by atoms with Crippen LogP contribution in [0.5, 0.6) is 0 Å². The molecule has 1 aromatic carbocycles. The zero-order chi connectivity index (χ0) is 16.1. The van der Waals surface area contributed by atoms with Gasteiger partial charge in [-0.3, -0.25) is 9.69 Å². The van der Waals surface area contributed by atoms with Gasteiger partial charge in [0.2, 0.25) is 11.7 Å². The molecule has 1 aromatic heterocycles. The van der Waals surface area contributed by atoms with Crippen LogP contribution in [0.25, 0.3) is 11.4 Å². The third kappa shape index (κ3) is 4.54. The monoisotopic (exact) mass is 323 g/mol. The smallest absolute Gasteiger partial charge is 0.317 e. The minimum absolute atomic E-state index is 0.00412. The summed E-state index contributed by atoms with van der Waals surface area (Å²) in [6, 6.07) is 7.30. The molecule has 0 aliphatic heterocycles. The van der Waals surface area contributed by atoms with Crippen LogP contribution in [-0.4, -0.2) is 45.2 Å². The molecule has 0 atom stereocenters. The quantitative estimate of drug-likeness (QED) is 0.844. The highest BCUT2D eigenvalue weighted by atomic mass is 35.5. The predicted octanol–water partition coefficient (Wildman–Crippen LogP) is 2.73. The fraction of sp³-hybridized carbons (Fsp3) is 0.400. The van der Waals surface area contributed by atoms with Crippen LogP contribution in [0, 0.1) is 0 Å². The van der Waals surface area contributed by atoms with Crippen molar-refractivity contribution in [3.8, 4) is 11.4 Å². The first-order valence-electron chi connectivity index (χ1n) is 7.00. The molecule has 7 heteroatoms. The van der Waals surface area contributed by atoms with Crippen LogP contribution in [0.1, 0.15) is 19.7 Å². The van der Waals surface area contributed by atoms with E-state index in [-0.39, 0.29) is 12.6 Å². The molecular formula is C15H18ClN3O3. The summed E-state index contributed by atoms with van der Waals surface area (Å²) in [5, 5.41) is 13.5. The Morgan fingerprint density at radius 3 is 2.64 bits per heavy atom. The molecule has 22 heavy (non-hydrogen) atoms. The number of hydrogen-bond donors (Lipinski definition) is 1. The molecule has 1 heterocycles. The van der Waals surface area contributed by atoms with E-state index in [0.29, 0.717) is 29.7 Å². The maximum atomic E-state index is 10.8. The topological polar surface area (TPSA) is 79.5 Å². The first kappa shape index (κ1) is 16.5. The van der Waals surface area contributed by atoms with E-state index in [1.807, 2.05) is 30.9 Å². The van der Waals surface area contributed by atoms with Gasteiger partial charge in [-0.05, 0) is 38.1 Å². The predicted molar refractivity (Wildman–Crippen MR) is 82.8 cm³/mol. The normalized spacial score (nSPS) is 11.3. The molecular weight excluding hydrogens is 306 g/mol. The third-order valence-corrected chi connectivity index (χ3v) is 3.50. The van der Waals surface area contributed by atoms with Crippen molar-refractivity contribution >= 4 is 17.6 Å². The van der Waals surface area contributed by atoms with E-state index in [0.717, 1.165) is 5.56 Å². The Kier molecular flexibility index (Phi) is 5.51. The number of carboxylic acid groups (broad SMARTS) is 1. The zero-order valence-electron chi connectivity index (χ0n) is 12.5. The Bertz CT molecular complexity index is 625. The van der Waals surface area contributed by atoms with E-state index in [1.165, 1.54) is 0 Å². The molecule has 0 saturated heterocycles. The highest BCUT2D eigenvalue weighted by Crippen LogP contribution is 2.18. The summed E-state index contributed by atoms with van der Waals surface area (Å²) in [7, 11) is 0. The first-order valence-corrected chi connectivity index (χ1v) is 7.38. The minimum atomic E-state index is -0.846. The van der Waals surface area contributed by atoms with Crippen LogP contribution in [0.4, 0.5) is 0 Å². The maximum Gasteiger partial charge on any atom is 0.317 e. The van der Waals surface area contributed by atoms with Gasteiger partial charge in [0, 0.05) is 29.6 Å². The molecule has 0 spiro atoms. The van der Waals surface area contributed by atoms with Crippen molar-refractivity contribution in [3.63, 3.8) is 0 Å². The number of halogens is 1. The van der Waals surface area contributed by atoms with E-state index in [2.05, 4.69) is 10.1 Å². The molecule has 2 aromatic rings. The third-order valence-electron chi connectivity index (χ3n) is 3.25. The highest BCUT2D eigenvalue weighted by molar-refractivity contribution is 6.30. The molecule has 0 saturated carbocycles. The minimum Gasteiger partial charge on any atom is -0.480 e. The van der Waals surface area contributed by atoms with Crippen molar-refractivity contribution in [2.45, 2.75) is 26.3 Å². The van der Waals surface area contributed by atoms with Gasteiger partial charge in [-0.2, -0.15) is 4.98 Å². The Morgan fingerprint density at radius 2 is 2.05 bits per heavy atom. The summed E-state index contributed by atoms with van der Waals surface area (Å²) >= 11 is 5.84. The highest BCUT2D eigenvalue weighted by Gasteiger charge is 2.15. The molecule has 0 unspecified atom stereocenters. The average molecular weight is 324 g/mol. The fourth-order valence-corrected chi connectivity index (χ4v) is 2.13. The molecule has 118 valence electrons. The Balaban J connectivity index is 1.99. The molecule has 0 bridgehead atoms. The second kappa shape index (κ2) is 7.38. The number of aromatic nitrogens is 2. The Morgan fingerprint density at radius 1 is 1.36 bits per heavy atom. The lowest BCUT2D eigenvalue weighted by Crippen LogP contribution is -2.37. The summed E-state index contributed by atoms with van der Waals surface area (Å²) in [4.78, 5) is 17.0. The van der Waals surface area contributed by atoms with E-state index in [9.17, 15) is 4.79 Å². The van der Waals surface area contributed by atoms with E-state index < -0.39 is 5.97 Å². The van der Waals surface area contributed by atoms with Crippen LogP contribution in [0.15, 0.2) is 28.8 Å². The molecule has 0 aliphatic rings. The summed E-state index contributed by atoms with van der Waals surface area (Å²) in [5.74, 6) is 0.142. The fourth-order valence-electron chi connectivity index (χ4n) is 2.01. The number of carbonyl (C=O) groups is 1. The maximum absolute atomic E-state index is 10.8. The Labute approximate surface area is 133 Å². The standard InChI is InChI=1S/C15H18ClN3O3/c1-10(2)19(9-14(20)21)8-7-13-17-15(18-22-13)11-3-5-12(16)6-4-11/h3-6,10H,7-9H2,1-2H3,(H,20,21). The summed E-state index contributed by atoms with van der Waals surface area (Å²) in [6.07, 6.45) is 0.506. The van der Waals surface area contributed by atoms with Gasteiger partial charge in [0.15, 0.2) is 0 Å². The van der Waals surface area contributed by atoms with Crippen molar-refractivity contribution in [1.82, 2.24) is 15.0 Å². The molecule has 2 rings (SSSR count). The van der Waals surface area contributed by atoms with Gasteiger partial charge < -0.3 is 9.63 Å². The van der Waals surface area contributed by atoms with E-state index in [4.69, 9.17) is 21.2 Å². The van der Waals surface area contributed by atoms with Gasteiger partial charge in [0.05, 0.1) is 6.54 Å². The lowest BCUT2D eigenvalue weighted by molar-refractivity contribution is -0.138. The van der Waals surface area contributed by atoms with Gasteiger partial charge in [0.1, 0.15) is 0 Å². The van der Waals surface area contributed by atoms with Crippen molar-refractivity contribution in [3.05, 3.63) is 35.2 Å². The molecule has 0 amide bonds. The van der Waals surface area contributed by atoms with Crippen LogP contribution in [0.3, 0.4) is 0 Å². The lowest BCUT2D eigenvalue weighted by atomic mass is 10.2. The molecule has 0 aliphatic carbocycles. The van der Waals surface area contributed by atoms with E-state index >= 15 is 0 Å². The number of aliphatic carboxylic acids is 1. The molecule has 1 N–H and O–H groups in total. The van der Waals surface area contributed by atoms with Crippen LogP contribution < -0.4 is 0 Å². The van der Waals surface area contributed by atoms with Crippen molar-refractivity contribution in [1.29, 1.82) is 0 Å². The summed E-state index contributed by atoms with van der Waals surface area (Å²) in [5.41, 5.74) is 0.825. The van der Waals surface area contributed by atoms with Crippen molar-refractivity contribution in [2.75, 3.05) is 13.1 Å². The summed E-state index contributed by atoms with van der Waals surface area (Å²) < 4.78 is 5.22. The van der Waals surface area contributed by atoms with Crippen molar-refractivity contribution < 1.29 is 14.4 Å². The van der Waals surface area contributed by atoms with Gasteiger partial charge in [-0.1, -0.05) is 16.8 Å². The zero-order valence-corrected chi connectivity index (χ0v) is 13.2. The SMILES string of the molecule is CC(C)N(CCc1nc(-c2ccc(Cl)cc2)no1)CC(=O)O. The molecule has 0 radical (unpaired) electrons. The van der Waals surface area contributed by atoms with Gasteiger partial charge >= 0.3 is 5.97 Å². The van der Waals surface area contributed by atoms with Gasteiger partial charge in [-0.25, -0.2) is 0 Å². The number of nitrogens with zero attached hydrogens (tertiary/aromatic N) is 3. The van der Waals surface area contributed by atoms with Crippen LogP contribution in [0.2, 0.25) is 5.02 Å². The first-order chi connectivity index (χ1) is 10.5. The van der Waals surface area contributed by atoms with Crippen LogP contribution in [-0.2, 0) is 11.2 Å². The average Bonchev–Trinajstić information content (AvgIpc) is 2.92. The Hall–Kier alpha value is -1.92. The molecule has 6 nitrogen and oxygen atoms in total. The van der Waals surface area contributed by atoms with E-state index in [1.54, 1.807) is 12.1 Å². The molecule has 0 fully saturated rings. The lowest BCUT2D eigenvalue weighted by Gasteiger charge is -2.23. The largest absolute Gasteiger partial charge is 0.480 e. The second-order valence-corrected chi connectivity index (χ2v) is 5.66. The van der Waals surface area contributed by atoms with Crippen LogP contribution >= 0.6 is 11.6 Å². The number of benzene rings is 1.